The zero-order valence-corrected chi connectivity index (χ0v) is 16.9. The van der Waals surface area contributed by atoms with E-state index in [1.165, 1.54) is 23.1 Å². The molecular weight excluding hydrogens is 378 g/mol. The molecule has 7 heteroatoms. The summed E-state index contributed by atoms with van der Waals surface area (Å²) in [6.45, 7) is 7.96. The molecule has 0 saturated heterocycles. The third kappa shape index (κ3) is 4.31. The van der Waals surface area contributed by atoms with Crippen LogP contribution in [-0.2, 0) is 17.8 Å². The lowest BCUT2D eigenvalue weighted by Crippen LogP contribution is -2.26. The topological polar surface area (TPSA) is 64.0 Å². The van der Waals surface area contributed by atoms with Gasteiger partial charge in [-0.15, -0.1) is 17.9 Å². The van der Waals surface area contributed by atoms with Crippen molar-refractivity contribution in [2.75, 3.05) is 5.32 Å². The molecule has 3 rings (SSSR count). The van der Waals surface area contributed by atoms with E-state index < -0.39 is 5.25 Å². The Labute approximate surface area is 166 Å². The number of benzene rings is 1. The first-order valence-electron chi connectivity index (χ1n) is 8.70. The van der Waals surface area contributed by atoms with Crippen LogP contribution in [0.5, 0.6) is 0 Å². The molecule has 0 bridgehead atoms. The number of hydrogen-bond donors (Lipinski definition) is 1. The van der Waals surface area contributed by atoms with Crippen molar-refractivity contribution < 1.29 is 4.79 Å². The number of carbonyl (C=O) groups is 1. The Balaban J connectivity index is 1.90. The molecule has 0 aliphatic rings. The zero-order chi connectivity index (χ0) is 19.4. The normalized spacial score (nSPS) is 12.1. The summed E-state index contributed by atoms with van der Waals surface area (Å²) in [5.41, 5.74) is 0.654. The summed E-state index contributed by atoms with van der Waals surface area (Å²) in [6, 6.07) is 11.2. The van der Waals surface area contributed by atoms with Crippen LogP contribution in [0.2, 0.25) is 0 Å². The van der Waals surface area contributed by atoms with Gasteiger partial charge in [0.15, 0.2) is 5.16 Å². The summed E-state index contributed by atoms with van der Waals surface area (Å²) in [6.07, 6.45) is 2.53. The highest BCUT2D eigenvalue weighted by Crippen LogP contribution is 2.27. The summed E-state index contributed by atoms with van der Waals surface area (Å²) < 4.78 is 1.58. The lowest BCUT2D eigenvalue weighted by Gasteiger charge is -2.14. The molecular formula is C20H21N3O2S2. The number of anilines is 1. The summed E-state index contributed by atoms with van der Waals surface area (Å²) in [7, 11) is 0. The molecule has 0 fully saturated rings. The number of nitrogens with zero attached hydrogens (tertiary/aromatic N) is 2. The lowest BCUT2D eigenvalue weighted by molar-refractivity contribution is -0.115. The maximum absolute atomic E-state index is 12.9. The van der Waals surface area contributed by atoms with Gasteiger partial charge in [-0.3, -0.25) is 14.2 Å². The molecule has 0 saturated carbocycles. The Morgan fingerprint density at radius 2 is 2.15 bits per heavy atom. The molecule has 1 aromatic carbocycles. The largest absolute Gasteiger partial charge is 0.325 e. The fraction of sp³-hybridized carbons (Fsp3) is 0.250. The van der Waals surface area contributed by atoms with Gasteiger partial charge in [-0.05, 0) is 31.5 Å². The highest BCUT2D eigenvalue weighted by atomic mass is 32.2. The number of thiophene rings is 1. The number of hydrogen-bond acceptors (Lipinski definition) is 5. The minimum absolute atomic E-state index is 0.0889. The van der Waals surface area contributed by atoms with Crippen molar-refractivity contribution in [1.82, 2.24) is 9.55 Å². The van der Waals surface area contributed by atoms with Crippen molar-refractivity contribution in [3.63, 3.8) is 0 Å². The predicted molar refractivity (Wildman–Crippen MR) is 114 cm³/mol. The van der Waals surface area contributed by atoms with Crippen LogP contribution in [0.25, 0.3) is 10.2 Å². The number of rotatable bonds is 7. The van der Waals surface area contributed by atoms with Crippen LogP contribution in [0, 0.1) is 0 Å². The standard InChI is InChI=1S/C20H21N3O2S2/c1-4-11-23-19(25)16-12-15(5-2)27-18(16)22-20(23)26-13(3)17(24)21-14-9-7-6-8-10-14/h4,6-10,12-13H,1,5,11H2,2-3H3,(H,21,24)/t13-/m0/s1. The van der Waals surface area contributed by atoms with Crippen LogP contribution >= 0.6 is 23.1 Å². The van der Waals surface area contributed by atoms with E-state index in [9.17, 15) is 9.59 Å². The van der Waals surface area contributed by atoms with E-state index in [-0.39, 0.29) is 11.5 Å². The van der Waals surface area contributed by atoms with Gasteiger partial charge >= 0.3 is 0 Å². The van der Waals surface area contributed by atoms with E-state index >= 15 is 0 Å². The molecule has 2 aromatic heterocycles. The molecule has 0 spiro atoms. The third-order valence-electron chi connectivity index (χ3n) is 4.02. The molecule has 140 valence electrons. The number of aromatic nitrogens is 2. The smallest absolute Gasteiger partial charge is 0.263 e. The number of carbonyl (C=O) groups excluding carboxylic acids is 1. The Kier molecular flexibility index (Phi) is 6.13. The SMILES string of the molecule is C=CCn1c(S[C@@H](C)C(=O)Nc2ccccc2)nc2sc(CC)cc2c1=O. The van der Waals surface area contributed by atoms with Gasteiger partial charge in [0.05, 0.1) is 10.6 Å². The highest BCUT2D eigenvalue weighted by Gasteiger charge is 2.20. The summed E-state index contributed by atoms with van der Waals surface area (Å²) >= 11 is 2.81. The van der Waals surface area contributed by atoms with Crippen molar-refractivity contribution in [2.45, 2.75) is 37.2 Å². The number of thioether (sulfide) groups is 1. The van der Waals surface area contributed by atoms with E-state index in [4.69, 9.17) is 0 Å². The monoisotopic (exact) mass is 399 g/mol. The van der Waals surface area contributed by atoms with Gasteiger partial charge in [-0.25, -0.2) is 4.98 Å². The first-order valence-corrected chi connectivity index (χ1v) is 10.4. The Bertz CT molecular complexity index is 1020. The molecule has 1 atom stereocenters. The maximum atomic E-state index is 12.9. The number of allylic oxidation sites excluding steroid dienone is 1. The second kappa shape index (κ2) is 8.54. The number of para-hydroxylation sites is 1. The predicted octanol–water partition coefficient (Wildman–Crippen LogP) is 4.33. The number of nitrogens with one attached hydrogen (secondary N) is 1. The van der Waals surface area contributed by atoms with Crippen molar-refractivity contribution in [3.8, 4) is 0 Å². The molecule has 2 heterocycles. The zero-order valence-electron chi connectivity index (χ0n) is 15.3. The highest BCUT2D eigenvalue weighted by molar-refractivity contribution is 8.00. The Hall–Kier alpha value is -2.38. The summed E-state index contributed by atoms with van der Waals surface area (Å²) in [5.74, 6) is -0.133. The van der Waals surface area contributed by atoms with Crippen molar-refractivity contribution in [3.05, 3.63) is 64.3 Å². The van der Waals surface area contributed by atoms with Gasteiger partial charge in [-0.2, -0.15) is 0 Å². The summed E-state index contributed by atoms with van der Waals surface area (Å²) in [4.78, 5) is 31.9. The van der Waals surface area contributed by atoms with E-state index in [1.54, 1.807) is 10.6 Å². The van der Waals surface area contributed by atoms with Gasteiger partial charge in [0, 0.05) is 17.1 Å². The van der Waals surface area contributed by atoms with E-state index in [1.807, 2.05) is 43.3 Å². The van der Waals surface area contributed by atoms with E-state index in [0.717, 1.165) is 21.8 Å². The first-order chi connectivity index (χ1) is 13.0. The third-order valence-corrected chi connectivity index (χ3v) is 6.28. The number of aryl methyl sites for hydroxylation is 1. The van der Waals surface area contributed by atoms with Crippen molar-refractivity contribution in [1.29, 1.82) is 0 Å². The Morgan fingerprint density at radius 3 is 2.81 bits per heavy atom. The van der Waals surface area contributed by atoms with Crippen LogP contribution in [0.1, 0.15) is 18.7 Å². The molecule has 1 amide bonds. The van der Waals surface area contributed by atoms with Crippen LogP contribution in [0.4, 0.5) is 5.69 Å². The molecule has 5 nitrogen and oxygen atoms in total. The minimum atomic E-state index is -0.406. The van der Waals surface area contributed by atoms with E-state index in [0.29, 0.717) is 17.1 Å². The van der Waals surface area contributed by atoms with E-state index in [2.05, 4.69) is 23.8 Å². The van der Waals surface area contributed by atoms with Crippen LogP contribution in [-0.4, -0.2) is 20.7 Å². The molecule has 0 aliphatic heterocycles. The average Bonchev–Trinajstić information content (AvgIpc) is 3.09. The minimum Gasteiger partial charge on any atom is -0.325 e. The second-order valence-electron chi connectivity index (χ2n) is 6.00. The van der Waals surface area contributed by atoms with Gasteiger partial charge < -0.3 is 5.32 Å². The van der Waals surface area contributed by atoms with Gasteiger partial charge in [-0.1, -0.05) is 43.0 Å². The lowest BCUT2D eigenvalue weighted by atomic mass is 10.3. The molecule has 0 unspecified atom stereocenters. The molecule has 0 aliphatic carbocycles. The van der Waals surface area contributed by atoms with Crippen LogP contribution in [0.15, 0.2) is 59.0 Å². The van der Waals surface area contributed by atoms with Crippen molar-refractivity contribution in [2.24, 2.45) is 0 Å². The van der Waals surface area contributed by atoms with Crippen LogP contribution < -0.4 is 10.9 Å². The average molecular weight is 400 g/mol. The second-order valence-corrected chi connectivity index (χ2v) is 8.42. The molecule has 0 radical (unpaired) electrons. The first kappa shape index (κ1) is 19.4. The van der Waals surface area contributed by atoms with Gasteiger partial charge in [0.25, 0.3) is 5.56 Å². The summed E-state index contributed by atoms with van der Waals surface area (Å²) in [5, 5.41) is 3.64. The van der Waals surface area contributed by atoms with Gasteiger partial charge in [0.2, 0.25) is 5.91 Å². The van der Waals surface area contributed by atoms with Gasteiger partial charge in [0.1, 0.15) is 4.83 Å². The maximum Gasteiger partial charge on any atom is 0.263 e. The van der Waals surface area contributed by atoms with Crippen LogP contribution in [0.3, 0.4) is 0 Å². The van der Waals surface area contributed by atoms with Crippen molar-refractivity contribution >= 4 is 44.9 Å². The molecule has 3 aromatic rings. The number of amides is 1. The molecule has 1 N–H and O–H groups in total. The molecule has 27 heavy (non-hydrogen) atoms. The Morgan fingerprint density at radius 1 is 1.41 bits per heavy atom. The fourth-order valence-corrected chi connectivity index (χ4v) is 4.50. The quantitative estimate of drug-likeness (QED) is 0.365. The number of fused-ring (bicyclic) bond motifs is 1. The fourth-order valence-electron chi connectivity index (χ4n) is 2.58.